The van der Waals surface area contributed by atoms with Crippen molar-refractivity contribution in [2.75, 3.05) is 11.4 Å². The Hall–Kier alpha value is -3.11. The summed E-state index contributed by atoms with van der Waals surface area (Å²) in [6.07, 6.45) is 1.58. The minimum atomic E-state index is -4.01. The second-order valence-electron chi connectivity index (χ2n) is 7.18. The van der Waals surface area contributed by atoms with Crippen LogP contribution in [0.1, 0.15) is 33.7 Å². The first-order valence-corrected chi connectivity index (χ1v) is 11.1. The lowest BCUT2D eigenvalue weighted by Crippen LogP contribution is -2.28. The van der Waals surface area contributed by atoms with E-state index in [-0.39, 0.29) is 23.0 Å². The van der Waals surface area contributed by atoms with Crippen molar-refractivity contribution in [3.63, 3.8) is 0 Å². The summed E-state index contributed by atoms with van der Waals surface area (Å²) >= 11 is 0. The van der Waals surface area contributed by atoms with Gasteiger partial charge in [-0.25, -0.2) is 17.8 Å². The van der Waals surface area contributed by atoms with Crippen LogP contribution < -0.4 is 9.62 Å². The summed E-state index contributed by atoms with van der Waals surface area (Å²) in [5.74, 6) is -0.0840. The highest BCUT2D eigenvalue weighted by atomic mass is 32.2. The zero-order valence-electron chi connectivity index (χ0n) is 16.6. The normalized spacial score (nSPS) is 13.6. The van der Waals surface area contributed by atoms with Crippen molar-refractivity contribution in [3.05, 3.63) is 77.1 Å². The first-order chi connectivity index (χ1) is 14.8. The van der Waals surface area contributed by atoms with Crippen LogP contribution in [0, 0.1) is 6.92 Å². The molecule has 1 aliphatic heterocycles. The molecule has 0 spiro atoms. The number of benzene rings is 2. The summed E-state index contributed by atoms with van der Waals surface area (Å²) in [7, 11) is -4.01. The van der Waals surface area contributed by atoms with Crippen LogP contribution >= 0.6 is 0 Å². The van der Waals surface area contributed by atoms with E-state index in [4.69, 9.17) is 0 Å². The number of alkyl halides is 2. The van der Waals surface area contributed by atoms with Crippen LogP contribution in [0.3, 0.4) is 0 Å². The Kier molecular flexibility index (Phi) is 5.59. The van der Waals surface area contributed by atoms with Gasteiger partial charge in [-0.2, -0.15) is 13.9 Å². The number of sulfonamides is 1. The monoisotopic (exact) mass is 446 g/mol. The fourth-order valence-corrected chi connectivity index (χ4v) is 4.82. The summed E-state index contributed by atoms with van der Waals surface area (Å²) in [6.45, 7) is -1.10. The Labute approximate surface area is 178 Å². The molecular weight excluding hydrogens is 426 g/mol. The maximum absolute atomic E-state index is 12.9. The zero-order valence-corrected chi connectivity index (χ0v) is 17.4. The Morgan fingerprint density at radius 2 is 1.94 bits per heavy atom. The molecular formula is C21H20F2N4O3S. The van der Waals surface area contributed by atoms with Gasteiger partial charge < -0.3 is 4.90 Å². The minimum Gasteiger partial charge on any atom is -0.308 e. The summed E-state index contributed by atoms with van der Waals surface area (Å²) in [6, 6.07) is 14.4. The summed E-state index contributed by atoms with van der Waals surface area (Å²) < 4.78 is 53.6. The van der Waals surface area contributed by atoms with E-state index < -0.39 is 16.6 Å². The zero-order chi connectivity index (χ0) is 22.2. The van der Waals surface area contributed by atoms with Crippen LogP contribution in [0.5, 0.6) is 0 Å². The molecule has 0 atom stereocenters. The van der Waals surface area contributed by atoms with E-state index in [2.05, 4.69) is 9.82 Å². The van der Waals surface area contributed by atoms with Gasteiger partial charge in [-0.3, -0.25) is 4.79 Å². The first kappa shape index (κ1) is 21.1. The van der Waals surface area contributed by atoms with Crippen LogP contribution in [-0.2, 0) is 23.0 Å². The maximum Gasteiger partial charge on any atom is 0.333 e. The molecule has 0 bridgehead atoms. The van der Waals surface area contributed by atoms with E-state index >= 15 is 0 Å². The topological polar surface area (TPSA) is 84.3 Å². The molecule has 1 aromatic heterocycles. The molecule has 31 heavy (non-hydrogen) atoms. The number of fused-ring (bicyclic) bond motifs is 1. The molecule has 162 valence electrons. The van der Waals surface area contributed by atoms with Crippen molar-refractivity contribution in [1.82, 2.24) is 14.5 Å². The number of hydrogen-bond acceptors (Lipinski definition) is 4. The minimum absolute atomic E-state index is 0.0124. The summed E-state index contributed by atoms with van der Waals surface area (Å²) in [5.41, 5.74) is 2.92. The predicted molar refractivity (Wildman–Crippen MR) is 111 cm³/mol. The van der Waals surface area contributed by atoms with E-state index in [0.29, 0.717) is 28.8 Å². The van der Waals surface area contributed by atoms with Gasteiger partial charge in [-0.15, -0.1) is 0 Å². The lowest BCUT2D eigenvalue weighted by molar-refractivity contribution is 0.0541. The van der Waals surface area contributed by atoms with Crippen LogP contribution in [0.4, 0.5) is 14.5 Å². The van der Waals surface area contributed by atoms with Gasteiger partial charge in [0.1, 0.15) is 4.90 Å². The quantitative estimate of drug-likeness (QED) is 0.630. The lowest BCUT2D eigenvalue weighted by Gasteiger charge is -2.17. The van der Waals surface area contributed by atoms with Crippen molar-refractivity contribution in [2.45, 2.75) is 31.3 Å². The van der Waals surface area contributed by atoms with Crippen LogP contribution in [0.25, 0.3) is 0 Å². The highest BCUT2D eigenvalue weighted by Gasteiger charge is 2.26. The molecule has 0 saturated carbocycles. The summed E-state index contributed by atoms with van der Waals surface area (Å²) in [4.78, 5) is 14.2. The maximum atomic E-state index is 12.9. The highest BCUT2D eigenvalue weighted by molar-refractivity contribution is 7.89. The van der Waals surface area contributed by atoms with Crippen LogP contribution in [-0.4, -0.2) is 30.7 Å². The number of rotatable bonds is 6. The number of hydrogen-bond donors (Lipinski definition) is 1. The van der Waals surface area contributed by atoms with Crippen LogP contribution in [0.2, 0.25) is 0 Å². The lowest BCUT2D eigenvalue weighted by atomic mass is 10.1. The molecule has 7 nitrogen and oxygen atoms in total. The van der Waals surface area contributed by atoms with Crippen molar-refractivity contribution in [3.8, 4) is 0 Å². The van der Waals surface area contributed by atoms with Crippen molar-refractivity contribution in [2.24, 2.45) is 0 Å². The number of nitrogens with zero attached hydrogens (tertiary/aromatic N) is 3. The molecule has 4 rings (SSSR count). The van der Waals surface area contributed by atoms with Gasteiger partial charge >= 0.3 is 6.55 Å². The number of nitrogens with one attached hydrogen (secondary N) is 1. The van der Waals surface area contributed by atoms with E-state index in [1.807, 2.05) is 24.3 Å². The average molecular weight is 446 g/mol. The largest absolute Gasteiger partial charge is 0.333 e. The Bertz CT molecular complexity index is 1230. The highest BCUT2D eigenvalue weighted by Crippen LogP contribution is 2.30. The molecule has 0 unspecified atom stereocenters. The molecule has 3 aromatic rings. The fourth-order valence-electron chi connectivity index (χ4n) is 3.64. The Balaban J connectivity index is 1.49. The van der Waals surface area contributed by atoms with Gasteiger partial charge in [0, 0.05) is 24.3 Å². The smallest absolute Gasteiger partial charge is 0.308 e. The number of carbonyl (C=O) groups is 1. The van der Waals surface area contributed by atoms with Crippen LogP contribution in [0.15, 0.2) is 59.6 Å². The van der Waals surface area contributed by atoms with Gasteiger partial charge in [0.2, 0.25) is 10.0 Å². The van der Waals surface area contributed by atoms with Gasteiger partial charge in [-0.1, -0.05) is 30.3 Å². The van der Waals surface area contributed by atoms with E-state index in [0.717, 1.165) is 17.4 Å². The number of amides is 1. The molecule has 10 heteroatoms. The van der Waals surface area contributed by atoms with Gasteiger partial charge in [-0.05, 0) is 42.7 Å². The third kappa shape index (κ3) is 4.08. The third-order valence-corrected chi connectivity index (χ3v) is 6.75. The molecule has 0 aliphatic carbocycles. The van der Waals surface area contributed by atoms with Crippen molar-refractivity contribution in [1.29, 1.82) is 0 Å². The Morgan fingerprint density at radius 1 is 1.19 bits per heavy atom. The molecule has 1 N–H and O–H groups in total. The van der Waals surface area contributed by atoms with Gasteiger partial charge in [0.25, 0.3) is 5.91 Å². The molecule has 0 saturated heterocycles. The van der Waals surface area contributed by atoms with E-state index in [1.54, 1.807) is 29.2 Å². The number of anilines is 1. The average Bonchev–Trinajstić information content (AvgIpc) is 3.36. The predicted octanol–water partition coefficient (Wildman–Crippen LogP) is 3.27. The van der Waals surface area contributed by atoms with Crippen molar-refractivity contribution < 1.29 is 22.0 Å². The van der Waals surface area contributed by atoms with Gasteiger partial charge in [0.05, 0.1) is 11.9 Å². The van der Waals surface area contributed by atoms with Gasteiger partial charge in [0.15, 0.2) is 0 Å². The Morgan fingerprint density at radius 3 is 2.61 bits per heavy atom. The molecule has 2 heterocycles. The van der Waals surface area contributed by atoms with E-state index in [9.17, 15) is 22.0 Å². The molecule has 2 aromatic carbocycles. The second-order valence-corrected chi connectivity index (χ2v) is 8.91. The third-order valence-electron chi connectivity index (χ3n) is 5.25. The van der Waals surface area contributed by atoms with Crippen molar-refractivity contribution >= 4 is 21.6 Å². The molecule has 1 aliphatic rings. The second kappa shape index (κ2) is 8.20. The first-order valence-electron chi connectivity index (χ1n) is 9.58. The number of halogens is 2. The molecule has 0 fully saturated rings. The fraction of sp³-hybridized carbons (Fsp3) is 0.238. The number of carbonyl (C=O) groups excluding carboxylic acids is 1. The van der Waals surface area contributed by atoms with E-state index in [1.165, 1.54) is 6.92 Å². The molecule has 0 radical (unpaired) electrons. The number of aromatic nitrogens is 2. The summed E-state index contributed by atoms with van der Waals surface area (Å²) in [5, 5.41) is 3.44. The standard InChI is InChI=1S/C21H20F2N4O3S/c1-14-19(13-24-27(14)21(22)23)31(29,30)25-12-15-7-8-18-17(11-15)9-10-26(18)20(28)16-5-3-2-4-6-16/h2-8,11,13,21,25H,9-10,12H2,1H3. The SMILES string of the molecule is Cc1c(S(=O)(=O)NCc2ccc3c(c2)CCN3C(=O)c2ccccc2)cnn1C(F)F. The molecule has 1 amide bonds.